The third-order valence-corrected chi connectivity index (χ3v) is 0. The first-order valence-electron chi connectivity index (χ1n) is 1.76. The zero-order valence-electron chi connectivity index (χ0n) is 6.02. The minimum Gasteiger partial charge on any atom is -0.759 e. The van der Waals surface area contributed by atoms with Gasteiger partial charge >= 0.3 is 40.8 Å². The molecule has 0 aliphatic carbocycles. The van der Waals surface area contributed by atoms with Gasteiger partial charge in [-0.05, 0) is 0 Å². The monoisotopic (exact) mass is 432 g/mol. The summed E-state index contributed by atoms with van der Waals surface area (Å²) in [5.74, 6) is 0. The molecule has 0 radical (unpaired) electrons. The molecule has 0 heterocycles. The van der Waals surface area contributed by atoms with Crippen molar-refractivity contribution in [3.05, 3.63) is 30.6 Å². The smallest absolute Gasteiger partial charge is 0.759 e. The Morgan fingerprint density at radius 1 is 0.733 bits per heavy atom. The van der Waals surface area contributed by atoms with Crippen molar-refractivity contribution in [1.29, 1.82) is 0 Å². The minimum absolute atomic E-state index is 0. The van der Waals surface area contributed by atoms with Crippen LogP contribution in [0.4, 0.5) is 0 Å². The molecule has 0 saturated carbocycles. The maximum Gasteiger partial charge on any atom is 2.00 e. The van der Waals surface area contributed by atoms with Gasteiger partial charge in [-0.1, -0.05) is 0 Å². The van der Waals surface area contributed by atoms with Gasteiger partial charge in [0, 0.05) is 10.4 Å². The zero-order valence-corrected chi connectivity index (χ0v) is 9.94. The maximum atomic E-state index is 8.52. The molecule has 0 N–H and O–H groups in total. The Bertz CT molecular complexity index is 216. The third kappa shape index (κ3) is 11100. The van der Waals surface area contributed by atoms with Gasteiger partial charge < -0.3 is 39.7 Å². The van der Waals surface area contributed by atoms with Crippen molar-refractivity contribution in [2.24, 2.45) is 0 Å². The summed E-state index contributed by atoms with van der Waals surface area (Å²) in [6.45, 7) is 0. The molecule has 0 amide bonds. The van der Waals surface area contributed by atoms with Gasteiger partial charge in [0.1, 0.15) is 0 Å². The van der Waals surface area contributed by atoms with Crippen LogP contribution in [0.15, 0.2) is 0 Å². The largest absolute Gasteiger partial charge is 2.00 e. The molecular formula is N2O10Pd2S. The molecule has 0 fully saturated rings. The molecule has 15 heavy (non-hydrogen) atoms. The van der Waals surface area contributed by atoms with Crippen LogP contribution in [-0.4, -0.2) is 27.7 Å². The molecule has 0 aliphatic heterocycles. The third-order valence-electron chi connectivity index (χ3n) is 0. The molecule has 0 aromatic rings. The molecule has 0 spiro atoms. The van der Waals surface area contributed by atoms with Crippen LogP contribution in [0.1, 0.15) is 0 Å². The SMILES string of the molecule is O=S(=O)([O-])[O-].O=[N+]([O-])[O-].O=[N+]([O-])[O-].[Pd+2].[Pd+2]. The van der Waals surface area contributed by atoms with Crippen LogP contribution in [0.3, 0.4) is 0 Å². The van der Waals surface area contributed by atoms with E-state index in [9.17, 15) is 0 Å². The topological polar surface area (TPSA) is 213 Å². The van der Waals surface area contributed by atoms with Gasteiger partial charge in [-0.2, -0.15) is 0 Å². The summed E-state index contributed by atoms with van der Waals surface area (Å²) >= 11 is 0. The Balaban J connectivity index is -0.0000000315. The van der Waals surface area contributed by atoms with E-state index in [0.717, 1.165) is 0 Å². The van der Waals surface area contributed by atoms with Gasteiger partial charge in [0.05, 0.1) is 10.2 Å². The summed E-state index contributed by atoms with van der Waals surface area (Å²) in [6.07, 6.45) is 0. The number of hydrogen-bond acceptors (Lipinski definition) is 10. The van der Waals surface area contributed by atoms with Crippen LogP contribution in [0.2, 0.25) is 0 Å². The Morgan fingerprint density at radius 2 is 0.733 bits per heavy atom. The summed E-state index contributed by atoms with van der Waals surface area (Å²) < 4.78 is 34.1. The second-order valence-electron chi connectivity index (χ2n) is 0.855. The van der Waals surface area contributed by atoms with Crippen molar-refractivity contribution in [3.63, 3.8) is 0 Å². The van der Waals surface area contributed by atoms with Gasteiger partial charge in [-0.15, -0.1) is 0 Å². The molecule has 0 bridgehead atoms. The fraction of sp³-hybridized carbons (Fsp3) is 0. The molecule has 12 nitrogen and oxygen atoms in total. The van der Waals surface area contributed by atoms with E-state index in [1.165, 1.54) is 0 Å². The Labute approximate surface area is 109 Å². The number of nitrogens with zero attached hydrogens (tertiary/aromatic N) is 2. The first kappa shape index (κ1) is 29.3. The van der Waals surface area contributed by atoms with E-state index in [1.54, 1.807) is 0 Å². The zero-order chi connectivity index (χ0) is 11.7. The van der Waals surface area contributed by atoms with Gasteiger partial charge in [0.2, 0.25) is 0 Å². The molecule has 0 unspecified atom stereocenters. The van der Waals surface area contributed by atoms with E-state index in [1.807, 2.05) is 0 Å². The summed E-state index contributed by atoms with van der Waals surface area (Å²) in [7, 11) is -5.17. The van der Waals surface area contributed by atoms with E-state index in [-0.39, 0.29) is 40.8 Å². The average molecular weight is 433 g/mol. The van der Waals surface area contributed by atoms with Crippen molar-refractivity contribution < 1.29 is 68.5 Å². The summed E-state index contributed by atoms with van der Waals surface area (Å²) in [6, 6.07) is 0. The van der Waals surface area contributed by atoms with Gasteiger partial charge in [-0.25, -0.2) is 0 Å². The molecule has 0 aromatic heterocycles. The van der Waals surface area contributed by atoms with E-state index in [0.29, 0.717) is 0 Å². The van der Waals surface area contributed by atoms with Crippen LogP contribution in [0.25, 0.3) is 0 Å². The number of hydrogen-bond donors (Lipinski definition) is 0. The van der Waals surface area contributed by atoms with E-state index < -0.39 is 20.6 Å². The van der Waals surface area contributed by atoms with E-state index >= 15 is 0 Å². The van der Waals surface area contributed by atoms with Crippen molar-refractivity contribution in [1.82, 2.24) is 0 Å². The molecule has 96 valence electrons. The normalized spacial score (nSPS) is 7.07. The van der Waals surface area contributed by atoms with E-state index in [4.69, 9.17) is 48.2 Å². The van der Waals surface area contributed by atoms with Gasteiger partial charge in [-0.3, -0.25) is 8.42 Å². The van der Waals surface area contributed by atoms with Crippen LogP contribution < -0.4 is 0 Å². The van der Waals surface area contributed by atoms with Crippen molar-refractivity contribution >= 4 is 10.4 Å². The first-order chi connectivity index (χ1) is 5.46. The van der Waals surface area contributed by atoms with Crippen LogP contribution in [0.5, 0.6) is 0 Å². The Kier molecular flexibility index (Phi) is 31.3. The molecule has 15 heteroatoms. The molecule has 0 aliphatic rings. The molecule has 0 aromatic carbocycles. The molecule has 0 atom stereocenters. The standard InChI is InChI=1S/2NO3.H2O4S.2Pd/c2*2-1(3)4;1-5(2,3)4;;/h;;(H2,1,2,3,4);;/q2*-1;;2*+2/p-2. The fourth-order valence-corrected chi connectivity index (χ4v) is 0. The summed E-state index contributed by atoms with van der Waals surface area (Å²) in [5, 5.41) is 29.5. The quantitative estimate of drug-likeness (QED) is 0.137. The van der Waals surface area contributed by atoms with Crippen molar-refractivity contribution in [3.8, 4) is 0 Å². The van der Waals surface area contributed by atoms with Crippen LogP contribution >= 0.6 is 0 Å². The van der Waals surface area contributed by atoms with Crippen molar-refractivity contribution in [2.75, 3.05) is 0 Å². The summed E-state index contributed by atoms with van der Waals surface area (Å²) in [5.41, 5.74) is 0. The molecular weight excluding hydrogens is 433 g/mol. The van der Waals surface area contributed by atoms with Crippen LogP contribution in [0, 0.1) is 30.6 Å². The minimum atomic E-state index is -5.17. The van der Waals surface area contributed by atoms with Crippen molar-refractivity contribution in [2.45, 2.75) is 0 Å². The second kappa shape index (κ2) is 16.0. The maximum absolute atomic E-state index is 8.52. The fourth-order valence-electron chi connectivity index (χ4n) is 0. The van der Waals surface area contributed by atoms with Gasteiger partial charge in [0.25, 0.3) is 0 Å². The predicted octanol–water partition coefficient (Wildman–Crippen LogP) is -1.82. The first-order valence-corrected chi connectivity index (χ1v) is 3.10. The van der Waals surface area contributed by atoms with E-state index in [2.05, 4.69) is 0 Å². The van der Waals surface area contributed by atoms with Crippen LogP contribution in [-0.2, 0) is 51.2 Å². The summed E-state index contributed by atoms with van der Waals surface area (Å²) in [4.78, 5) is 16.5. The molecule has 0 rings (SSSR count). The molecule has 0 saturated heterocycles. The average Bonchev–Trinajstić information content (AvgIpc) is 1.50. The Hall–Kier alpha value is -0.405. The Morgan fingerprint density at radius 3 is 0.733 bits per heavy atom. The number of rotatable bonds is 0. The predicted molar refractivity (Wildman–Crippen MR) is 31.2 cm³/mol. The van der Waals surface area contributed by atoms with Gasteiger partial charge in [0.15, 0.2) is 0 Å². The second-order valence-corrected chi connectivity index (χ2v) is 1.67.